The number of aliphatic hydroxyl groups excluding tert-OH is 1. The van der Waals surface area contributed by atoms with Crippen molar-refractivity contribution >= 4 is 5.91 Å². The summed E-state index contributed by atoms with van der Waals surface area (Å²) >= 11 is 0. The number of hydrogen-bond acceptors (Lipinski definition) is 3. The van der Waals surface area contributed by atoms with Crippen LogP contribution >= 0.6 is 0 Å². The molecule has 2 aliphatic rings. The molecule has 2 aliphatic heterocycles. The van der Waals surface area contributed by atoms with Crippen LogP contribution < -0.4 is 0 Å². The molecule has 0 aromatic rings. The molecule has 1 amide bonds. The summed E-state index contributed by atoms with van der Waals surface area (Å²) in [4.78, 5) is 15.2. The standard InChI is InChI=1S/C12H19F3N2O2/c13-12(14,15)4-3-11(19)17-7-9(10(18)8-17)16-5-1-2-6-16/h9-10,18H,1-8H2/t9-,10-/m0/s1. The van der Waals surface area contributed by atoms with Crippen molar-refractivity contribution in [2.24, 2.45) is 0 Å². The summed E-state index contributed by atoms with van der Waals surface area (Å²) in [6.07, 6.45) is -4.41. The van der Waals surface area contributed by atoms with Crippen LogP contribution in [0.25, 0.3) is 0 Å². The van der Waals surface area contributed by atoms with Gasteiger partial charge in [-0.1, -0.05) is 0 Å². The topological polar surface area (TPSA) is 43.8 Å². The van der Waals surface area contributed by atoms with Crippen molar-refractivity contribution in [1.82, 2.24) is 9.80 Å². The number of halogens is 3. The number of alkyl halides is 3. The number of carbonyl (C=O) groups is 1. The number of β-amino-alcohol motifs (C(OH)–C–C–N with tert-alkyl or cyclic N) is 1. The van der Waals surface area contributed by atoms with Crippen LogP contribution in [-0.2, 0) is 4.79 Å². The third-order valence-electron chi connectivity index (χ3n) is 3.84. The van der Waals surface area contributed by atoms with E-state index in [1.54, 1.807) is 0 Å². The second kappa shape index (κ2) is 5.66. The van der Waals surface area contributed by atoms with Crippen LogP contribution in [0.3, 0.4) is 0 Å². The minimum absolute atomic E-state index is 0.114. The van der Waals surface area contributed by atoms with Gasteiger partial charge in [0, 0.05) is 19.5 Å². The molecule has 0 aromatic heterocycles. The van der Waals surface area contributed by atoms with Crippen LogP contribution in [-0.4, -0.2) is 65.3 Å². The summed E-state index contributed by atoms with van der Waals surface area (Å²) < 4.78 is 36.2. The average Bonchev–Trinajstić information content (AvgIpc) is 2.93. The summed E-state index contributed by atoms with van der Waals surface area (Å²) in [6.45, 7) is 2.29. The fourth-order valence-electron chi connectivity index (χ4n) is 2.81. The number of hydrogen-bond donors (Lipinski definition) is 1. The highest BCUT2D eigenvalue weighted by molar-refractivity contribution is 5.76. The zero-order valence-corrected chi connectivity index (χ0v) is 10.7. The number of aliphatic hydroxyl groups is 1. The third-order valence-corrected chi connectivity index (χ3v) is 3.84. The normalized spacial score (nSPS) is 29.2. The zero-order valence-electron chi connectivity index (χ0n) is 10.7. The number of rotatable bonds is 3. The first kappa shape index (κ1) is 14.6. The third kappa shape index (κ3) is 3.82. The molecule has 2 atom stereocenters. The molecule has 0 unspecified atom stereocenters. The maximum absolute atomic E-state index is 12.1. The number of likely N-dealkylation sites (tertiary alicyclic amines) is 2. The van der Waals surface area contributed by atoms with Crippen molar-refractivity contribution in [3.63, 3.8) is 0 Å². The molecule has 110 valence electrons. The lowest BCUT2D eigenvalue weighted by atomic mass is 10.2. The van der Waals surface area contributed by atoms with Crippen molar-refractivity contribution in [2.75, 3.05) is 26.2 Å². The van der Waals surface area contributed by atoms with Gasteiger partial charge in [0.1, 0.15) is 0 Å². The van der Waals surface area contributed by atoms with Crippen molar-refractivity contribution < 1.29 is 23.1 Å². The van der Waals surface area contributed by atoms with E-state index in [1.165, 1.54) is 4.90 Å². The molecule has 0 radical (unpaired) electrons. The summed E-state index contributed by atoms with van der Waals surface area (Å²) in [5, 5.41) is 9.94. The van der Waals surface area contributed by atoms with Gasteiger partial charge in [0.25, 0.3) is 0 Å². The molecule has 1 N–H and O–H groups in total. The van der Waals surface area contributed by atoms with Crippen LogP contribution in [0, 0.1) is 0 Å². The van der Waals surface area contributed by atoms with E-state index in [9.17, 15) is 23.1 Å². The number of carbonyl (C=O) groups excluding carboxylic acids is 1. The monoisotopic (exact) mass is 280 g/mol. The Morgan fingerprint density at radius 3 is 2.42 bits per heavy atom. The second-order valence-electron chi connectivity index (χ2n) is 5.29. The van der Waals surface area contributed by atoms with Gasteiger partial charge < -0.3 is 10.0 Å². The molecule has 7 heteroatoms. The lowest BCUT2D eigenvalue weighted by molar-refractivity contribution is -0.148. The number of amides is 1. The van der Waals surface area contributed by atoms with Crippen molar-refractivity contribution in [3.8, 4) is 0 Å². The first-order chi connectivity index (χ1) is 8.87. The second-order valence-corrected chi connectivity index (χ2v) is 5.29. The van der Waals surface area contributed by atoms with E-state index in [0.29, 0.717) is 6.54 Å². The van der Waals surface area contributed by atoms with Gasteiger partial charge in [-0.05, 0) is 25.9 Å². The van der Waals surface area contributed by atoms with Crippen molar-refractivity contribution in [1.29, 1.82) is 0 Å². The Hall–Kier alpha value is -0.820. The number of nitrogens with zero attached hydrogens (tertiary/aromatic N) is 2. The summed E-state index contributed by atoms with van der Waals surface area (Å²) in [5.74, 6) is -0.516. The van der Waals surface area contributed by atoms with Crippen LogP contribution in [0.4, 0.5) is 13.2 Å². The average molecular weight is 280 g/mol. The summed E-state index contributed by atoms with van der Waals surface area (Å²) in [6, 6.07) is -0.114. The van der Waals surface area contributed by atoms with Crippen LogP contribution in [0.2, 0.25) is 0 Å². The molecule has 0 saturated carbocycles. The van der Waals surface area contributed by atoms with Gasteiger partial charge >= 0.3 is 6.18 Å². The van der Waals surface area contributed by atoms with Gasteiger partial charge in [0.2, 0.25) is 5.91 Å². The van der Waals surface area contributed by atoms with Gasteiger partial charge in [-0.25, -0.2) is 0 Å². The Labute approximate surface area is 110 Å². The van der Waals surface area contributed by atoms with Crippen LogP contribution in [0.15, 0.2) is 0 Å². The highest BCUT2D eigenvalue weighted by Crippen LogP contribution is 2.25. The molecule has 0 aliphatic carbocycles. The van der Waals surface area contributed by atoms with Gasteiger partial charge in [0.15, 0.2) is 0 Å². The highest BCUT2D eigenvalue weighted by Gasteiger charge is 2.39. The van der Waals surface area contributed by atoms with Gasteiger partial charge in [-0.3, -0.25) is 9.69 Å². The van der Waals surface area contributed by atoms with Crippen molar-refractivity contribution in [3.05, 3.63) is 0 Å². The molecule has 2 saturated heterocycles. The predicted octanol–water partition coefficient (Wildman–Crippen LogP) is 0.996. The molecule has 0 aromatic carbocycles. The minimum atomic E-state index is -4.30. The Morgan fingerprint density at radius 2 is 1.84 bits per heavy atom. The van der Waals surface area contributed by atoms with E-state index in [1.807, 2.05) is 0 Å². The smallest absolute Gasteiger partial charge is 0.389 e. The molecule has 0 spiro atoms. The molecular weight excluding hydrogens is 261 g/mol. The van der Waals surface area contributed by atoms with Gasteiger partial charge in [0.05, 0.1) is 18.6 Å². The predicted molar refractivity (Wildman–Crippen MR) is 62.5 cm³/mol. The largest absolute Gasteiger partial charge is 0.390 e. The lowest BCUT2D eigenvalue weighted by Crippen LogP contribution is -2.41. The van der Waals surface area contributed by atoms with E-state index in [0.717, 1.165) is 25.9 Å². The molecule has 2 fully saturated rings. The van der Waals surface area contributed by atoms with E-state index in [4.69, 9.17) is 0 Å². The first-order valence-corrected chi connectivity index (χ1v) is 6.63. The van der Waals surface area contributed by atoms with Gasteiger partial charge in [-0.15, -0.1) is 0 Å². The maximum atomic E-state index is 12.1. The Bertz CT molecular complexity index is 329. The fraction of sp³-hybridized carbons (Fsp3) is 0.917. The van der Waals surface area contributed by atoms with E-state index in [2.05, 4.69) is 4.90 Å². The first-order valence-electron chi connectivity index (χ1n) is 6.63. The molecular formula is C12H19F3N2O2. The molecule has 2 heterocycles. The van der Waals surface area contributed by atoms with Gasteiger partial charge in [-0.2, -0.15) is 13.2 Å². The molecule has 4 nitrogen and oxygen atoms in total. The molecule has 0 bridgehead atoms. The lowest BCUT2D eigenvalue weighted by Gasteiger charge is -2.25. The quantitative estimate of drug-likeness (QED) is 0.838. The Morgan fingerprint density at radius 1 is 1.21 bits per heavy atom. The minimum Gasteiger partial charge on any atom is -0.390 e. The van der Waals surface area contributed by atoms with E-state index in [-0.39, 0.29) is 12.6 Å². The van der Waals surface area contributed by atoms with Crippen LogP contribution in [0.1, 0.15) is 25.7 Å². The summed E-state index contributed by atoms with van der Waals surface area (Å²) in [7, 11) is 0. The fourth-order valence-corrected chi connectivity index (χ4v) is 2.81. The highest BCUT2D eigenvalue weighted by atomic mass is 19.4. The summed E-state index contributed by atoms with van der Waals surface area (Å²) in [5.41, 5.74) is 0. The Kier molecular flexibility index (Phi) is 4.35. The Balaban J connectivity index is 1.84. The zero-order chi connectivity index (χ0) is 14.0. The molecule has 19 heavy (non-hydrogen) atoms. The van der Waals surface area contributed by atoms with E-state index >= 15 is 0 Å². The molecule has 2 rings (SSSR count). The van der Waals surface area contributed by atoms with E-state index < -0.39 is 31.0 Å². The SMILES string of the molecule is O=C(CCC(F)(F)F)N1C[C@H](O)[C@@H](N2CCCC2)C1. The van der Waals surface area contributed by atoms with Crippen LogP contribution in [0.5, 0.6) is 0 Å². The van der Waals surface area contributed by atoms with Crippen molar-refractivity contribution in [2.45, 2.75) is 44.0 Å². The maximum Gasteiger partial charge on any atom is 0.389 e.